The summed E-state index contributed by atoms with van der Waals surface area (Å²) in [4.78, 5) is 12.2. The zero-order chi connectivity index (χ0) is 19.2. The van der Waals surface area contributed by atoms with E-state index >= 15 is 0 Å². The van der Waals surface area contributed by atoms with Gasteiger partial charge in [-0.1, -0.05) is 30.3 Å². The molecule has 0 atom stereocenters. The monoisotopic (exact) mass is 361 g/mol. The fourth-order valence-electron chi connectivity index (χ4n) is 2.71. The minimum atomic E-state index is -0.335. The molecule has 0 saturated carbocycles. The van der Waals surface area contributed by atoms with E-state index in [1.807, 2.05) is 36.5 Å². The summed E-state index contributed by atoms with van der Waals surface area (Å²) < 4.78 is 7.07. The summed E-state index contributed by atoms with van der Waals surface area (Å²) in [5.74, 6) is 0.889. The minimum absolute atomic E-state index is 0.335. The van der Waals surface area contributed by atoms with Gasteiger partial charge in [0.25, 0.3) is 5.91 Å². The van der Waals surface area contributed by atoms with E-state index < -0.39 is 0 Å². The minimum Gasteiger partial charge on any atom is -0.466 e. The maximum Gasteiger partial charge on any atom is 0.274 e. The molecule has 0 bridgehead atoms. The molecule has 0 radical (unpaired) electrons. The summed E-state index contributed by atoms with van der Waals surface area (Å²) in [5.41, 5.74) is 5.39. The molecule has 2 heterocycles. The summed E-state index contributed by atoms with van der Waals surface area (Å²) in [7, 11) is 0. The van der Waals surface area contributed by atoms with E-state index in [1.54, 1.807) is 30.8 Å². The van der Waals surface area contributed by atoms with Crippen LogP contribution in [-0.2, 0) is 6.54 Å². The SMILES string of the molecule is Cc1cc(C(=O)N/N=C\c2cn(CCC#N)nc2-c2ccccc2)c(C)o1. The van der Waals surface area contributed by atoms with Crippen molar-refractivity contribution < 1.29 is 9.21 Å². The van der Waals surface area contributed by atoms with Gasteiger partial charge in [0.15, 0.2) is 0 Å². The molecule has 1 N–H and O–H groups in total. The Balaban J connectivity index is 1.81. The van der Waals surface area contributed by atoms with E-state index in [-0.39, 0.29) is 5.91 Å². The Morgan fingerprint density at radius 1 is 1.37 bits per heavy atom. The quantitative estimate of drug-likeness (QED) is 0.537. The maximum atomic E-state index is 12.2. The van der Waals surface area contributed by atoms with Crippen LogP contribution >= 0.6 is 0 Å². The molecule has 7 heteroatoms. The number of aromatic nitrogens is 2. The van der Waals surface area contributed by atoms with Crippen LogP contribution in [0.2, 0.25) is 0 Å². The molecule has 1 amide bonds. The van der Waals surface area contributed by atoms with Crippen LogP contribution in [0, 0.1) is 25.2 Å². The van der Waals surface area contributed by atoms with Crippen molar-refractivity contribution in [3.8, 4) is 17.3 Å². The van der Waals surface area contributed by atoms with E-state index in [1.165, 1.54) is 0 Å². The molecule has 136 valence electrons. The number of nitrogens with one attached hydrogen (secondary N) is 1. The number of aryl methyl sites for hydroxylation is 3. The van der Waals surface area contributed by atoms with Gasteiger partial charge in [0.2, 0.25) is 0 Å². The lowest BCUT2D eigenvalue weighted by molar-refractivity contribution is 0.0953. The molecule has 0 saturated heterocycles. The Kier molecular flexibility index (Phi) is 5.47. The number of rotatable bonds is 6. The highest BCUT2D eigenvalue weighted by atomic mass is 16.3. The molecule has 0 unspecified atom stereocenters. The first-order valence-electron chi connectivity index (χ1n) is 8.48. The highest BCUT2D eigenvalue weighted by Gasteiger charge is 2.13. The summed E-state index contributed by atoms with van der Waals surface area (Å²) in [5, 5.41) is 17.4. The average molecular weight is 361 g/mol. The number of hydrogen-bond acceptors (Lipinski definition) is 5. The third-order valence-electron chi connectivity index (χ3n) is 3.95. The van der Waals surface area contributed by atoms with Gasteiger partial charge in [0.05, 0.1) is 30.8 Å². The second-order valence-corrected chi connectivity index (χ2v) is 6.00. The molecular formula is C20H19N5O2. The number of carbonyl (C=O) groups is 1. The number of hydrazone groups is 1. The standard InChI is InChI=1S/C20H19N5O2/c1-14-11-18(15(2)27-14)20(26)23-22-12-17-13-25(10-6-9-21)24-19(17)16-7-4-3-5-8-16/h3-5,7-8,11-13H,6,10H2,1-2H3,(H,23,26)/b22-12-. The predicted molar refractivity (Wildman–Crippen MR) is 101 cm³/mol. The Morgan fingerprint density at radius 2 is 2.15 bits per heavy atom. The molecule has 27 heavy (non-hydrogen) atoms. The highest BCUT2D eigenvalue weighted by Crippen LogP contribution is 2.20. The number of nitriles is 1. The van der Waals surface area contributed by atoms with Crippen LogP contribution in [0.4, 0.5) is 0 Å². The van der Waals surface area contributed by atoms with Gasteiger partial charge in [-0.05, 0) is 19.9 Å². The van der Waals surface area contributed by atoms with Crippen LogP contribution in [0.1, 0.15) is 33.9 Å². The first-order valence-corrected chi connectivity index (χ1v) is 8.48. The molecule has 0 spiro atoms. The fourth-order valence-corrected chi connectivity index (χ4v) is 2.71. The summed E-state index contributed by atoms with van der Waals surface area (Å²) in [6.07, 6.45) is 3.73. The fraction of sp³-hybridized carbons (Fsp3) is 0.200. The van der Waals surface area contributed by atoms with Crippen molar-refractivity contribution in [3.63, 3.8) is 0 Å². The zero-order valence-electron chi connectivity index (χ0n) is 15.1. The molecule has 7 nitrogen and oxygen atoms in total. The van der Waals surface area contributed by atoms with Crippen LogP contribution in [0.25, 0.3) is 11.3 Å². The van der Waals surface area contributed by atoms with Crippen molar-refractivity contribution >= 4 is 12.1 Å². The number of furan rings is 1. The van der Waals surface area contributed by atoms with Crippen molar-refractivity contribution in [2.45, 2.75) is 26.8 Å². The Labute approximate surface area is 156 Å². The molecule has 0 aliphatic carbocycles. The summed E-state index contributed by atoms with van der Waals surface area (Å²) in [6, 6.07) is 13.5. The molecule has 0 aliphatic rings. The number of nitrogens with zero attached hydrogens (tertiary/aromatic N) is 4. The number of amides is 1. The zero-order valence-corrected chi connectivity index (χ0v) is 15.1. The molecule has 2 aromatic heterocycles. The number of benzene rings is 1. The van der Waals surface area contributed by atoms with Crippen LogP contribution in [0.3, 0.4) is 0 Å². The first-order chi connectivity index (χ1) is 13.1. The third kappa shape index (κ3) is 4.30. The average Bonchev–Trinajstić information content (AvgIpc) is 3.23. The Hall–Kier alpha value is -3.66. The second kappa shape index (κ2) is 8.15. The molecule has 0 aliphatic heterocycles. The van der Waals surface area contributed by atoms with E-state index in [4.69, 9.17) is 9.68 Å². The Bertz CT molecular complexity index is 1010. The molecule has 0 fully saturated rings. The molecular weight excluding hydrogens is 342 g/mol. The van der Waals surface area contributed by atoms with E-state index in [0.29, 0.717) is 30.0 Å². The van der Waals surface area contributed by atoms with Crippen LogP contribution < -0.4 is 5.43 Å². The normalized spacial score (nSPS) is 10.9. The van der Waals surface area contributed by atoms with Crippen LogP contribution in [-0.4, -0.2) is 21.9 Å². The number of carbonyl (C=O) groups excluding carboxylic acids is 1. The smallest absolute Gasteiger partial charge is 0.274 e. The van der Waals surface area contributed by atoms with Crippen LogP contribution in [0.15, 0.2) is 52.1 Å². The highest BCUT2D eigenvalue weighted by molar-refractivity contribution is 5.96. The van der Waals surface area contributed by atoms with Gasteiger partial charge < -0.3 is 4.42 Å². The van der Waals surface area contributed by atoms with Crippen molar-refractivity contribution in [1.82, 2.24) is 15.2 Å². The van der Waals surface area contributed by atoms with Crippen molar-refractivity contribution in [2.24, 2.45) is 5.10 Å². The van der Waals surface area contributed by atoms with Crippen molar-refractivity contribution in [3.05, 3.63) is 65.2 Å². The Morgan fingerprint density at radius 3 is 2.81 bits per heavy atom. The summed E-state index contributed by atoms with van der Waals surface area (Å²) in [6.45, 7) is 4.01. The first kappa shape index (κ1) is 18.1. The van der Waals surface area contributed by atoms with Gasteiger partial charge in [-0.15, -0.1) is 0 Å². The van der Waals surface area contributed by atoms with Gasteiger partial charge >= 0.3 is 0 Å². The third-order valence-corrected chi connectivity index (χ3v) is 3.95. The van der Waals surface area contributed by atoms with Gasteiger partial charge in [0.1, 0.15) is 17.2 Å². The summed E-state index contributed by atoms with van der Waals surface area (Å²) >= 11 is 0. The van der Waals surface area contributed by atoms with Gasteiger partial charge in [0, 0.05) is 17.3 Å². The molecule has 3 aromatic rings. The van der Waals surface area contributed by atoms with Gasteiger partial charge in [-0.3, -0.25) is 9.48 Å². The molecule has 1 aromatic carbocycles. The second-order valence-electron chi connectivity index (χ2n) is 6.00. The van der Waals surface area contributed by atoms with E-state index in [2.05, 4.69) is 21.7 Å². The topological polar surface area (TPSA) is 96.2 Å². The largest absolute Gasteiger partial charge is 0.466 e. The van der Waals surface area contributed by atoms with Gasteiger partial charge in [-0.25, -0.2) is 5.43 Å². The predicted octanol–water partition coefficient (Wildman–Crippen LogP) is 3.44. The number of hydrogen-bond donors (Lipinski definition) is 1. The maximum absolute atomic E-state index is 12.2. The molecule has 3 rings (SSSR count). The van der Waals surface area contributed by atoms with Crippen molar-refractivity contribution in [1.29, 1.82) is 5.26 Å². The van der Waals surface area contributed by atoms with Gasteiger partial charge in [-0.2, -0.15) is 15.5 Å². The lowest BCUT2D eigenvalue weighted by Gasteiger charge is -1.99. The lowest BCUT2D eigenvalue weighted by atomic mass is 10.1. The van der Waals surface area contributed by atoms with E-state index in [9.17, 15) is 4.79 Å². The van der Waals surface area contributed by atoms with E-state index in [0.717, 1.165) is 16.8 Å². The van der Waals surface area contributed by atoms with Crippen LogP contribution in [0.5, 0.6) is 0 Å². The lowest BCUT2D eigenvalue weighted by Crippen LogP contribution is -2.17. The van der Waals surface area contributed by atoms with Crippen molar-refractivity contribution in [2.75, 3.05) is 0 Å².